The highest BCUT2D eigenvalue weighted by Crippen LogP contribution is 2.40. The zero-order valence-electron chi connectivity index (χ0n) is 11.6. The normalized spacial score (nSPS) is 10.8. The molecule has 0 fully saturated rings. The Bertz CT molecular complexity index is 873. The number of halogens is 5. The Kier molecular flexibility index (Phi) is 4.98. The Morgan fingerprint density at radius 3 is 2.13 bits per heavy atom. The fourth-order valence-corrected chi connectivity index (χ4v) is 3.61. The minimum Gasteiger partial charge on any atom is -0.206 e. The van der Waals surface area contributed by atoms with Gasteiger partial charge in [0.2, 0.25) is 0 Å². The summed E-state index contributed by atoms with van der Waals surface area (Å²) in [6, 6.07) is 15.7. The zero-order valence-corrected chi connectivity index (χ0v) is 15.4. The lowest BCUT2D eigenvalue weighted by Crippen LogP contribution is -1.88. The highest BCUT2D eigenvalue weighted by Gasteiger charge is 2.14. The third-order valence-electron chi connectivity index (χ3n) is 3.40. The molecule has 0 aromatic heterocycles. The smallest absolute Gasteiger partial charge is 0.137 e. The third kappa shape index (κ3) is 3.56. The maximum Gasteiger partial charge on any atom is 0.137 e. The predicted molar refractivity (Wildman–Crippen MR) is 100 cm³/mol. The lowest BCUT2D eigenvalue weighted by atomic mass is 9.94. The van der Waals surface area contributed by atoms with E-state index in [2.05, 4.69) is 15.9 Å². The van der Waals surface area contributed by atoms with Crippen molar-refractivity contribution < 1.29 is 4.39 Å². The van der Waals surface area contributed by atoms with E-state index in [1.807, 2.05) is 12.1 Å². The molecule has 3 aromatic carbocycles. The van der Waals surface area contributed by atoms with Gasteiger partial charge in [0.15, 0.2) is 0 Å². The van der Waals surface area contributed by atoms with E-state index in [4.69, 9.17) is 34.8 Å². The molecule has 0 unspecified atom stereocenters. The quantitative estimate of drug-likeness (QED) is 0.388. The molecule has 0 radical (unpaired) electrons. The van der Waals surface area contributed by atoms with Crippen LogP contribution in [0.5, 0.6) is 0 Å². The molecular weight excluding hydrogens is 421 g/mol. The molecule has 0 spiro atoms. The molecule has 0 bridgehead atoms. The van der Waals surface area contributed by atoms with Gasteiger partial charge in [0.1, 0.15) is 5.82 Å². The van der Waals surface area contributed by atoms with Crippen molar-refractivity contribution in [1.29, 1.82) is 0 Å². The highest BCUT2D eigenvalue weighted by atomic mass is 79.9. The van der Waals surface area contributed by atoms with Crippen molar-refractivity contribution >= 4 is 50.7 Å². The summed E-state index contributed by atoms with van der Waals surface area (Å²) >= 11 is 21.9. The van der Waals surface area contributed by atoms with E-state index in [0.29, 0.717) is 19.5 Å². The first kappa shape index (κ1) is 16.8. The van der Waals surface area contributed by atoms with Gasteiger partial charge in [-0.1, -0.05) is 53.0 Å². The predicted octanol–water partition coefficient (Wildman–Crippen LogP) is 7.88. The lowest BCUT2D eigenvalue weighted by Gasteiger charge is -2.13. The molecule has 3 rings (SSSR count). The molecular formula is C18H9BrCl3F. The molecule has 0 saturated heterocycles. The molecule has 0 aliphatic rings. The Balaban J connectivity index is 2.27. The first-order chi connectivity index (χ1) is 11.0. The van der Waals surface area contributed by atoms with Crippen molar-refractivity contribution in [3.8, 4) is 22.3 Å². The van der Waals surface area contributed by atoms with E-state index < -0.39 is 0 Å². The van der Waals surface area contributed by atoms with Crippen LogP contribution in [0.1, 0.15) is 0 Å². The van der Waals surface area contributed by atoms with E-state index in [9.17, 15) is 4.39 Å². The van der Waals surface area contributed by atoms with E-state index in [0.717, 1.165) is 22.3 Å². The van der Waals surface area contributed by atoms with Gasteiger partial charge < -0.3 is 0 Å². The minimum atomic E-state index is -0.317. The van der Waals surface area contributed by atoms with E-state index in [1.165, 1.54) is 6.07 Å². The van der Waals surface area contributed by atoms with Crippen molar-refractivity contribution in [2.75, 3.05) is 0 Å². The lowest BCUT2D eigenvalue weighted by molar-refractivity contribution is 0.621. The molecule has 3 aromatic rings. The fraction of sp³-hybridized carbons (Fsp3) is 0. The number of benzene rings is 3. The van der Waals surface area contributed by atoms with E-state index >= 15 is 0 Å². The van der Waals surface area contributed by atoms with Crippen molar-refractivity contribution in [3.05, 3.63) is 80.0 Å². The van der Waals surface area contributed by atoms with Gasteiger partial charge in [-0.05, 0) is 69.0 Å². The first-order valence-corrected chi connectivity index (χ1v) is 8.59. The standard InChI is InChI=1S/C18H9BrCl3F/c19-15-8-10(4-5-17(15)23)14-2-1-3-16(22)18(14)11-6-12(20)9-13(21)7-11/h1-9H. The average Bonchev–Trinajstić information content (AvgIpc) is 2.48. The van der Waals surface area contributed by atoms with Crippen LogP contribution in [0, 0.1) is 5.82 Å². The summed E-state index contributed by atoms with van der Waals surface area (Å²) in [5.74, 6) is -0.317. The Morgan fingerprint density at radius 2 is 1.48 bits per heavy atom. The molecule has 0 heterocycles. The van der Waals surface area contributed by atoms with Crippen molar-refractivity contribution in [1.82, 2.24) is 0 Å². The molecule has 0 N–H and O–H groups in total. The van der Waals surface area contributed by atoms with Gasteiger partial charge in [0.05, 0.1) is 4.47 Å². The highest BCUT2D eigenvalue weighted by molar-refractivity contribution is 9.10. The van der Waals surface area contributed by atoms with Gasteiger partial charge in [-0.15, -0.1) is 0 Å². The van der Waals surface area contributed by atoms with Crippen molar-refractivity contribution in [2.24, 2.45) is 0 Å². The van der Waals surface area contributed by atoms with Crippen LogP contribution >= 0.6 is 50.7 Å². The van der Waals surface area contributed by atoms with Crippen LogP contribution in [0.2, 0.25) is 15.1 Å². The first-order valence-electron chi connectivity index (χ1n) is 6.66. The van der Waals surface area contributed by atoms with Crippen LogP contribution < -0.4 is 0 Å². The summed E-state index contributed by atoms with van der Waals surface area (Å²) in [4.78, 5) is 0. The Labute approximate surface area is 156 Å². The summed E-state index contributed by atoms with van der Waals surface area (Å²) in [6.45, 7) is 0. The average molecular weight is 431 g/mol. The Hall–Kier alpha value is -1.06. The van der Waals surface area contributed by atoms with Gasteiger partial charge in [-0.25, -0.2) is 4.39 Å². The summed E-state index contributed by atoms with van der Waals surface area (Å²) in [5.41, 5.74) is 3.32. The maximum atomic E-state index is 13.5. The van der Waals surface area contributed by atoms with Crippen molar-refractivity contribution in [2.45, 2.75) is 0 Å². The van der Waals surface area contributed by atoms with E-state index in [-0.39, 0.29) is 5.82 Å². The second-order valence-electron chi connectivity index (χ2n) is 4.95. The molecule has 0 nitrogen and oxygen atoms in total. The fourth-order valence-electron chi connectivity index (χ4n) is 2.42. The van der Waals surface area contributed by atoms with Crippen LogP contribution in [0.15, 0.2) is 59.1 Å². The van der Waals surface area contributed by atoms with Crippen LogP contribution in [0.3, 0.4) is 0 Å². The summed E-state index contributed by atoms with van der Waals surface area (Å²) in [5, 5.41) is 1.62. The van der Waals surface area contributed by atoms with Crippen LogP contribution in [0.25, 0.3) is 22.3 Å². The maximum absolute atomic E-state index is 13.5. The summed E-state index contributed by atoms with van der Waals surface area (Å²) < 4.78 is 13.9. The largest absolute Gasteiger partial charge is 0.206 e. The molecule has 0 amide bonds. The molecule has 0 aliphatic heterocycles. The summed E-state index contributed by atoms with van der Waals surface area (Å²) in [7, 11) is 0. The van der Waals surface area contributed by atoms with Crippen LogP contribution in [-0.4, -0.2) is 0 Å². The van der Waals surface area contributed by atoms with E-state index in [1.54, 1.807) is 36.4 Å². The molecule has 23 heavy (non-hydrogen) atoms. The molecule has 0 aliphatic carbocycles. The minimum absolute atomic E-state index is 0.317. The topological polar surface area (TPSA) is 0 Å². The molecule has 5 heteroatoms. The molecule has 0 atom stereocenters. The summed E-state index contributed by atoms with van der Waals surface area (Å²) in [6.07, 6.45) is 0. The number of rotatable bonds is 2. The van der Waals surface area contributed by atoms with Gasteiger partial charge in [0.25, 0.3) is 0 Å². The van der Waals surface area contributed by atoms with Gasteiger partial charge in [-0.3, -0.25) is 0 Å². The van der Waals surface area contributed by atoms with Crippen LogP contribution in [0.4, 0.5) is 4.39 Å². The number of hydrogen-bond donors (Lipinski definition) is 0. The zero-order chi connectivity index (χ0) is 16.6. The van der Waals surface area contributed by atoms with Gasteiger partial charge in [-0.2, -0.15) is 0 Å². The van der Waals surface area contributed by atoms with Crippen LogP contribution in [-0.2, 0) is 0 Å². The van der Waals surface area contributed by atoms with Crippen molar-refractivity contribution in [3.63, 3.8) is 0 Å². The molecule has 0 saturated carbocycles. The van der Waals surface area contributed by atoms with Gasteiger partial charge >= 0.3 is 0 Å². The van der Waals surface area contributed by atoms with Gasteiger partial charge in [0, 0.05) is 20.6 Å². The second kappa shape index (κ2) is 6.82. The number of hydrogen-bond acceptors (Lipinski definition) is 0. The Morgan fingerprint density at radius 1 is 0.783 bits per heavy atom. The third-order valence-corrected chi connectivity index (χ3v) is 4.75. The molecule has 116 valence electrons. The SMILES string of the molecule is Fc1ccc(-c2cccc(Cl)c2-c2cc(Cl)cc(Cl)c2)cc1Br. The second-order valence-corrected chi connectivity index (χ2v) is 7.08. The monoisotopic (exact) mass is 428 g/mol.